The van der Waals surface area contributed by atoms with Gasteiger partial charge in [0.2, 0.25) is 0 Å². The molecule has 2 aromatic rings. The highest BCUT2D eigenvalue weighted by Gasteiger charge is 2.22. The molecule has 0 N–H and O–H groups in total. The minimum absolute atomic E-state index is 0.256. The molecule has 0 fully saturated rings. The summed E-state index contributed by atoms with van der Waals surface area (Å²) in [5.74, 6) is 0.960. The molecule has 0 amide bonds. The number of thioether (sulfide) groups is 1. The van der Waals surface area contributed by atoms with Gasteiger partial charge in [0, 0.05) is 21.0 Å². The lowest BCUT2D eigenvalue weighted by Crippen LogP contribution is -2.10. The van der Waals surface area contributed by atoms with E-state index in [2.05, 4.69) is 58.0 Å². The Balaban J connectivity index is 2.18. The second-order valence-electron chi connectivity index (χ2n) is 7.22. The smallest absolute Gasteiger partial charge is 0.0451 e. The third-order valence-corrected chi connectivity index (χ3v) is 5.57. The summed E-state index contributed by atoms with van der Waals surface area (Å²) in [6.45, 7) is 8.93. The number of benzene rings is 2. The molecular formula is C20H24Cl2S. The van der Waals surface area contributed by atoms with Crippen LogP contribution in [0.5, 0.6) is 0 Å². The Morgan fingerprint density at radius 1 is 1.00 bits per heavy atom. The lowest BCUT2D eigenvalue weighted by atomic mass is 9.88. The van der Waals surface area contributed by atoms with Gasteiger partial charge < -0.3 is 0 Å². The van der Waals surface area contributed by atoms with Gasteiger partial charge in [0.15, 0.2) is 0 Å². The van der Waals surface area contributed by atoms with Gasteiger partial charge in [0.1, 0.15) is 0 Å². The molecule has 0 heterocycles. The van der Waals surface area contributed by atoms with Crippen LogP contribution in [0.3, 0.4) is 0 Å². The molecule has 0 radical (unpaired) electrons. The molecule has 1 atom stereocenters. The first-order valence-corrected chi connectivity index (χ1v) is 9.67. The van der Waals surface area contributed by atoms with Gasteiger partial charge in [0.25, 0.3) is 0 Å². The molecule has 0 saturated heterocycles. The minimum Gasteiger partial charge on any atom is -0.149 e. The van der Waals surface area contributed by atoms with Crippen molar-refractivity contribution in [3.63, 3.8) is 0 Å². The Morgan fingerprint density at radius 2 is 1.65 bits per heavy atom. The minimum atomic E-state index is 0.256. The average molecular weight is 367 g/mol. The Labute approximate surface area is 154 Å². The Kier molecular flexibility index (Phi) is 6.48. The van der Waals surface area contributed by atoms with Gasteiger partial charge in [-0.25, -0.2) is 0 Å². The van der Waals surface area contributed by atoms with E-state index in [9.17, 15) is 0 Å². The van der Waals surface area contributed by atoms with Crippen molar-refractivity contribution in [1.82, 2.24) is 0 Å². The van der Waals surface area contributed by atoms with Crippen LogP contribution in [-0.4, -0.2) is 0 Å². The van der Waals surface area contributed by atoms with Crippen LogP contribution in [0.4, 0.5) is 0 Å². The topological polar surface area (TPSA) is 0 Å². The molecule has 0 bridgehead atoms. The summed E-state index contributed by atoms with van der Waals surface area (Å²) in [7, 11) is 0. The molecule has 0 nitrogen and oxygen atoms in total. The van der Waals surface area contributed by atoms with Crippen LogP contribution in [-0.2, 0) is 5.75 Å². The lowest BCUT2D eigenvalue weighted by Gasteiger charge is -2.27. The molecule has 0 aliphatic heterocycles. The first kappa shape index (κ1) is 18.7. The van der Waals surface area contributed by atoms with Gasteiger partial charge in [0.05, 0.1) is 0 Å². The van der Waals surface area contributed by atoms with Crippen molar-refractivity contribution in [3.8, 4) is 0 Å². The summed E-state index contributed by atoms with van der Waals surface area (Å²) in [6, 6.07) is 14.5. The van der Waals surface area contributed by atoms with Crippen LogP contribution in [0.2, 0.25) is 10.0 Å². The van der Waals surface area contributed by atoms with Crippen molar-refractivity contribution >= 4 is 35.0 Å². The van der Waals surface area contributed by atoms with Crippen LogP contribution in [0.1, 0.15) is 49.1 Å². The van der Waals surface area contributed by atoms with E-state index in [4.69, 9.17) is 23.2 Å². The van der Waals surface area contributed by atoms with Crippen molar-refractivity contribution in [3.05, 3.63) is 69.2 Å². The monoisotopic (exact) mass is 366 g/mol. The van der Waals surface area contributed by atoms with Gasteiger partial charge >= 0.3 is 0 Å². The van der Waals surface area contributed by atoms with E-state index < -0.39 is 0 Å². The van der Waals surface area contributed by atoms with E-state index in [-0.39, 0.29) is 5.41 Å². The van der Waals surface area contributed by atoms with Crippen LogP contribution >= 0.6 is 35.0 Å². The van der Waals surface area contributed by atoms with E-state index in [1.165, 1.54) is 16.7 Å². The summed E-state index contributed by atoms with van der Waals surface area (Å²) in [4.78, 5) is 0. The number of halogens is 2. The van der Waals surface area contributed by atoms with E-state index in [0.717, 1.165) is 22.2 Å². The second kappa shape index (κ2) is 7.96. The van der Waals surface area contributed by atoms with Crippen LogP contribution < -0.4 is 0 Å². The van der Waals surface area contributed by atoms with Gasteiger partial charge in [-0.2, -0.15) is 0 Å². The molecule has 2 rings (SSSR count). The summed E-state index contributed by atoms with van der Waals surface area (Å²) in [6.07, 6.45) is 1.09. The maximum Gasteiger partial charge on any atom is 0.0451 e. The SMILES string of the molecule is Cc1ccc(C(CC(C)(C)C)SCc2ccc(Cl)cc2)c(Cl)c1. The molecule has 3 heteroatoms. The highest BCUT2D eigenvalue weighted by molar-refractivity contribution is 7.98. The van der Waals surface area contributed by atoms with Crippen molar-refractivity contribution in [1.29, 1.82) is 0 Å². The quantitative estimate of drug-likeness (QED) is 0.521. The standard InChI is InChI=1S/C20H24Cl2S/c1-14-5-10-17(18(22)11-14)19(12-20(2,3)4)23-13-15-6-8-16(21)9-7-15/h5-11,19H,12-13H2,1-4H3. The van der Waals surface area contributed by atoms with E-state index in [1.54, 1.807) is 0 Å². The summed E-state index contributed by atoms with van der Waals surface area (Å²) >= 11 is 14.4. The van der Waals surface area contributed by atoms with Crippen molar-refractivity contribution in [2.45, 2.75) is 45.1 Å². The van der Waals surface area contributed by atoms with Gasteiger partial charge in [-0.05, 0) is 53.6 Å². The molecule has 124 valence electrons. The van der Waals surface area contributed by atoms with E-state index >= 15 is 0 Å². The third kappa shape index (κ3) is 6.06. The molecule has 1 unspecified atom stereocenters. The number of hydrogen-bond acceptors (Lipinski definition) is 1. The zero-order chi connectivity index (χ0) is 17.0. The van der Waals surface area contributed by atoms with Crippen LogP contribution in [0.25, 0.3) is 0 Å². The third-order valence-electron chi connectivity index (χ3n) is 3.67. The van der Waals surface area contributed by atoms with Gasteiger partial charge in [-0.3, -0.25) is 0 Å². The largest absolute Gasteiger partial charge is 0.149 e. The van der Waals surface area contributed by atoms with Crippen molar-refractivity contribution in [2.24, 2.45) is 5.41 Å². The maximum absolute atomic E-state index is 6.52. The fraction of sp³-hybridized carbons (Fsp3) is 0.400. The predicted octanol–water partition coefficient (Wildman–Crippen LogP) is 7.71. The lowest BCUT2D eigenvalue weighted by molar-refractivity contribution is 0.374. The maximum atomic E-state index is 6.52. The first-order chi connectivity index (χ1) is 10.7. The van der Waals surface area contributed by atoms with Crippen LogP contribution in [0, 0.1) is 12.3 Å². The second-order valence-corrected chi connectivity index (χ2v) is 9.25. The number of rotatable bonds is 5. The van der Waals surface area contributed by atoms with Crippen LogP contribution in [0.15, 0.2) is 42.5 Å². The molecule has 2 aromatic carbocycles. The molecule has 0 aliphatic rings. The Morgan fingerprint density at radius 3 is 2.22 bits per heavy atom. The molecule has 23 heavy (non-hydrogen) atoms. The van der Waals surface area contributed by atoms with Crippen molar-refractivity contribution < 1.29 is 0 Å². The van der Waals surface area contributed by atoms with Gasteiger partial charge in [-0.1, -0.05) is 68.2 Å². The fourth-order valence-electron chi connectivity index (χ4n) is 2.49. The average Bonchev–Trinajstić information content (AvgIpc) is 2.44. The molecule has 0 spiro atoms. The highest BCUT2D eigenvalue weighted by Crippen LogP contribution is 2.43. The Hall–Kier alpha value is -0.630. The van der Waals surface area contributed by atoms with Gasteiger partial charge in [-0.15, -0.1) is 11.8 Å². The first-order valence-electron chi connectivity index (χ1n) is 7.87. The zero-order valence-corrected chi connectivity index (χ0v) is 16.5. The van der Waals surface area contributed by atoms with E-state index in [0.29, 0.717) is 5.25 Å². The molecule has 0 aliphatic carbocycles. The zero-order valence-electron chi connectivity index (χ0n) is 14.2. The summed E-state index contributed by atoms with van der Waals surface area (Å²) < 4.78 is 0. The number of hydrogen-bond donors (Lipinski definition) is 0. The predicted molar refractivity (Wildman–Crippen MR) is 106 cm³/mol. The van der Waals surface area contributed by atoms with Crippen molar-refractivity contribution in [2.75, 3.05) is 0 Å². The summed E-state index contributed by atoms with van der Waals surface area (Å²) in [5, 5.41) is 2.05. The highest BCUT2D eigenvalue weighted by atomic mass is 35.5. The molecule has 0 saturated carbocycles. The molecular weight excluding hydrogens is 343 g/mol. The molecule has 0 aromatic heterocycles. The van der Waals surface area contributed by atoms with E-state index in [1.807, 2.05) is 23.9 Å². The normalized spacial score (nSPS) is 13.1. The fourth-order valence-corrected chi connectivity index (χ4v) is 4.63. The number of aryl methyl sites for hydroxylation is 1. The Bertz CT molecular complexity index is 642. The summed E-state index contributed by atoms with van der Waals surface area (Å²) in [5.41, 5.74) is 4.00.